The molecule has 5 atom stereocenters. The van der Waals surface area contributed by atoms with Crippen LogP contribution < -0.4 is 0 Å². The zero-order chi connectivity index (χ0) is 23.0. The lowest BCUT2D eigenvalue weighted by Crippen LogP contribution is -2.56. The van der Waals surface area contributed by atoms with Gasteiger partial charge in [0, 0.05) is 18.2 Å². The molecule has 1 fully saturated rings. The molecule has 172 valence electrons. The second kappa shape index (κ2) is 9.67. The van der Waals surface area contributed by atoms with E-state index >= 15 is 0 Å². The summed E-state index contributed by atoms with van der Waals surface area (Å²) in [6, 6.07) is 11.2. The van der Waals surface area contributed by atoms with Gasteiger partial charge in [-0.3, -0.25) is 0 Å². The summed E-state index contributed by atoms with van der Waals surface area (Å²) in [5.41, 5.74) is 3.39. The number of fused-ring (bicyclic) bond motifs is 1. The number of aliphatic hydroxyl groups excluding tert-OH is 5. The zero-order valence-corrected chi connectivity index (χ0v) is 18.6. The van der Waals surface area contributed by atoms with Gasteiger partial charge in [-0.05, 0) is 41.7 Å². The maximum atomic E-state index is 10.6. The maximum Gasteiger partial charge on any atom is 0.163 e. The molecule has 0 saturated carbocycles. The molecule has 2 heterocycles. The number of hydrogen-bond donors (Lipinski definition) is 5. The Balaban J connectivity index is 1.78. The van der Waals surface area contributed by atoms with Gasteiger partial charge in [0.25, 0.3) is 0 Å². The normalized spacial score (nSPS) is 26.0. The number of halogens is 2. The van der Waals surface area contributed by atoms with E-state index in [0.717, 1.165) is 16.7 Å². The van der Waals surface area contributed by atoms with Crippen LogP contribution in [0.25, 0.3) is 10.9 Å². The van der Waals surface area contributed by atoms with E-state index in [0.29, 0.717) is 33.8 Å². The summed E-state index contributed by atoms with van der Waals surface area (Å²) < 4.78 is 7.35. The van der Waals surface area contributed by atoms with E-state index in [1.54, 1.807) is 22.9 Å². The highest BCUT2D eigenvalue weighted by molar-refractivity contribution is 6.40. The van der Waals surface area contributed by atoms with Crippen molar-refractivity contribution in [1.82, 2.24) is 4.57 Å². The number of benzene rings is 2. The van der Waals surface area contributed by atoms with Crippen LogP contribution in [0.15, 0.2) is 42.6 Å². The van der Waals surface area contributed by atoms with E-state index in [2.05, 4.69) is 0 Å². The molecule has 0 radical (unpaired) electrons. The van der Waals surface area contributed by atoms with E-state index in [9.17, 15) is 20.4 Å². The van der Waals surface area contributed by atoms with Gasteiger partial charge in [0.1, 0.15) is 24.4 Å². The molecule has 32 heavy (non-hydrogen) atoms. The van der Waals surface area contributed by atoms with Crippen LogP contribution in [0.4, 0.5) is 0 Å². The third-order valence-corrected chi connectivity index (χ3v) is 6.53. The molecule has 4 rings (SSSR count). The third kappa shape index (κ3) is 4.27. The number of rotatable bonds is 6. The molecule has 0 bridgehead atoms. The van der Waals surface area contributed by atoms with Crippen LogP contribution in [-0.2, 0) is 17.6 Å². The van der Waals surface area contributed by atoms with Crippen molar-refractivity contribution in [3.63, 3.8) is 0 Å². The van der Waals surface area contributed by atoms with Gasteiger partial charge in [0.05, 0.1) is 22.2 Å². The number of aromatic nitrogens is 1. The second-order valence-electron chi connectivity index (χ2n) is 8.00. The van der Waals surface area contributed by atoms with Gasteiger partial charge in [-0.25, -0.2) is 0 Å². The average Bonchev–Trinajstić information content (AvgIpc) is 3.16. The van der Waals surface area contributed by atoms with Crippen molar-refractivity contribution in [2.75, 3.05) is 13.2 Å². The summed E-state index contributed by atoms with van der Waals surface area (Å²) in [7, 11) is 0. The lowest BCUT2D eigenvalue weighted by molar-refractivity contribution is -0.250. The van der Waals surface area contributed by atoms with Gasteiger partial charge in [0.15, 0.2) is 6.23 Å². The number of aliphatic hydroxyl groups is 5. The largest absolute Gasteiger partial charge is 0.396 e. The minimum absolute atomic E-state index is 0.0834. The highest BCUT2D eigenvalue weighted by Gasteiger charge is 2.44. The number of ether oxygens (including phenoxy) is 1. The average molecular weight is 482 g/mol. The fraction of sp³-hybridized carbons (Fsp3) is 0.391. The number of hydrogen-bond acceptors (Lipinski definition) is 6. The topological polar surface area (TPSA) is 115 Å². The quantitative estimate of drug-likeness (QED) is 0.368. The maximum absolute atomic E-state index is 10.6. The van der Waals surface area contributed by atoms with E-state index in [1.807, 2.05) is 24.3 Å². The summed E-state index contributed by atoms with van der Waals surface area (Å²) in [5, 5.41) is 51.2. The summed E-state index contributed by atoms with van der Waals surface area (Å²) in [5.74, 6) is 0. The molecule has 3 aromatic rings. The molecule has 9 heteroatoms. The molecular weight excluding hydrogens is 457 g/mol. The molecule has 1 aliphatic rings. The van der Waals surface area contributed by atoms with E-state index in [4.69, 9.17) is 33.0 Å². The SMILES string of the molecule is OCCc1ccc(Cc2cn([C@@H]3O[C@H](CO)[C@@H](O)[C@H](O)[C@H]3O)c3c(Cl)ccc(Cl)c23)cc1. The van der Waals surface area contributed by atoms with Crippen LogP contribution in [0.1, 0.15) is 22.9 Å². The fourth-order valence-corrected chi connectivity index (χ4v) is 4.74. The molecule has 1 aliphatic heterocycles. The zero-order valence-electron chi connectivity index (χ0n) is 17.1. The predicted octanol–water partition coefficient (Wildman–Crippen LogP) is 2.05. The standard InChI is InChI=1S/C23H25Cl2NO6/c24-15-5-6-16(25)19-18(15)14(9-13-3-1-12(2-4-13)7-8-27)10-26(19)23-22(31)21(30)20(29)17(11-28)32-23/h1-6,10,17,20-23,27-31H,7-9,11H2/t17-,20-,21+,22-,23-/m1/s1. The smallest absolute Gasteiger partial charge is 0.163 e. The van der Waals surface area contributed by atoms with Crippen molar-refractivity contribution < 1.29 is 30.3 Å². The van der Waals surface area contributed by atoms with Crippen LogP contribution in [0, 0.1) is 0 Å². The Morgan fingerprint density at radius 1 is 0.844 bits per heavy atom. The molecule has 0 aliphatic carbocycles. The molecule has 7 nitrogen and oxygen atoms in total. The highest BCUT2D eigenvalue weighted by atomic mass is 35.5. The summed E-state index contributed by atoms with van der Waals surface area (Å²) in [6.07, 6.45) is -3.70. The lowest BCUT2D eigenvalue weighted by atomic mass is 9.98. The van der Waals surface area contributed by atoms with Gasteiger partial charge >= 0.3 is 0 Å². The van der Waals surface area contributed by atoms with Crippen molar-refractivity contribution in [3.8, 4) is 0 Å². The van der Waals surface area contributed by atoms with Crippen LogP contribution in [0.3, 0.4) is 0 Å². The van der Waals surface area contributed by atoms with Gasteiger partial charge in [-0.1, -0.05) is 47.5 Å². The Kier molecular flexibility index (Phi) is 7.09. The van der Waals surface area contributed by atoms with Crippen LogP contribution in [-0.4, -0.2) is 67.7 Å². The molecule has 1 saturated heterocycles. The Hall–Kier alpha value is -1.68. The van der Waals surface area contributed by atoms with Crippen molar-refractivity contribution in [2.24, 2.45) is 0 Å². The predicted molar refractivity (Wildman–Crippen MR) is 121 cm³/mol. The second-order valence-corrected chi connectivity index (χ2v) is 8.82. The first-order valence-corrected chi connectivity index (χ1v) is 11.1. The van der Waals surface area contributed by atoms with Crippen molar-refractivity contribution in [2.45, 2.75) is 43.5 Å². The first-order chi connectivity index (χ1) is 15.3. The summed E-state index contributed by atoms with van der Waals surface area (Å²) in [4.78, 5) is 0. The minimum Gasteiger partial charge on any atom is -0.396 e. The van der Waals surface area contributed by atoms with Crippen LogP contribution >= 0.6 is 23.2 Å². The van der Waals surface area contributed by atoms with E-state index in [-0.39, 0.29) is 6.61 Å². The minimum atomic E-state index is -1.51. The van der Waals surface area contributed by atoms with Gasteiger partial charge in [-0.2, -0.15) is 0 Å². The molecule has 1 aromatic heterocycles. The Labute approximate surface area is 195 Å². The Bertz CT molecular complexity index is 1080. The van der Waals surface area contributed by atoms with Gasteiger partial charge < -0.3 is 34.8 Å². The lowest BCUT2D eigenvalue weighted by Gasteiger charge is -2.40. The van der Waals surface area contributed by atoms with Gasteiger partial charge in [0.2, 0.25) is 0 Å². The fourth-order valence-electron chi connectivity index (χ4n) is 4.22. The first-order valence-electron chi connectivity index (χ1n) is 10.3. The molecule has 0 unspecified atom stereocenters. The molecule has 2 aromatic carbocycles. The Morgan fingerprint density at radius 3 is 2.16 bits per heavy atom. The molecule has 0 spiro atoms. The molecule has 5 N–H and O–H groups in total. The van der Waals surface area contributed by atoms with Crippen molar-refractivity contribution in [3.05, 3.63) is 69.3 Å². The van der Waals surface area contributed by atoms with E-state index in [1.165, 1.54) is 0 Å². The Morgan fingerprint density at radius 2 is 1.50 bits per heavy atom. The summed E-state index contributed by atoms with van der Waals surface area (Å²) >= 11 is 13.0. The highest BCUT2D eigenvalue weighted by Crippen LogP contribution is 2.39. The number of nitrogens with zero attached hydrogens (tertiary/aromatic N) is 1. The van der Waals surface area contributed by atoms with Crippen LogP contribution in [0.5, 0.6) is 0 Å². The molecular formula is C23H25Cl2NO6. The molecule has 0 amide bonds. The third-order valence-electron chi connectivity index (χ3n) is 5.91. The monoisotopic (exact) mass is 481 g/mol. The van der Waals surface area contributed by atoms with Gasteiger partial charge in [-0.15, -0.1) is 0 Å². The van der Waals surface area contributed by atoms with Crippen LogP contribution in [0.2, 0.25) is 10.0 Å². The first kappa shape index (κ1) is 23.5. The summed E-state index contributed by atoms with van der Waals surface area (Å²) in [6.45, 7) is -0.442. The van der Waals surface area contributed by atoms with Crippen molar-refractivity contribution >= 4 is 34.1 Å². The van der Waals surface area contributed by atoms with E-state index < -0.39 is 37.3 Å². The van der Waals surface area contributed by atoms with Crippen molar-refractivity contribution in [1.29, 1.82) is 0 Å².